The van der Waals surface area contributed by atoms with Crippen LogP contribution in [-0.4, -0.2) is 54.0 Å². The molecule has 1 aromatic rings. The van der Waals surface area contributed by atoms with E-state index in [1.807, 2.05) is 0 Å². The van der Waals surface area contributed by atoms with Crippen LogP contribution in [0.5, 0.6) is 0 Å². The predicted octanol–water partition coefficient (Wildman–Crippen LogP) is -0.976. The van der Waals surface area contributed by atoms with Gasteiger partial charge in [-0.15, -0.1) is 0 Å². The highest BCUT2D eigenvalue weighted by Gasteiger charge is 2.53. The monoisotopic (exact) mass is 354 g/mol. The molecule has 0 amide bonds. The van der Waals surface area contributed by atoms with E-state index in [0.717, 1.165) is 4.57 Å². The maximum atomic E-state index is 11.9. The first-order chi connectivity index (χ1) is 10.0. The zero-order valence-electron chi connectivity index (χ0n) is 11.3. The molecular formula is C10H15N2O8PS. The largest absolute Gasteiger partial charge is 0.469 e. The summed E-state index contributed by atoms with van der Waals surface area (Å²) in [5, 5.41) is 20.4. The molecule has 22 heavy (non-hydrogen) atoms. The molecule has 1 saturated heterocycles. The third-order valence-electron chi connectivity index (χ3n) is 3.27. The number of ether oxygens (including phenoxy) is 1. The molecule has 1 unspecified atom stereocenters. The molecule has 1 aromatic heterocycles. The molecule has 1 aliphatic heterocycles. The van der Waals surface area contributed by atoms with Gasteiger partial charge in [-0.3, -0.25) is 14.1 Å². The van der Waals surface area contributed by atoms with Gasteiger partial charge in [-0.25, -0.2) is 9.36 Å². The molecule has 124 valence electrons. The summed E-state index contributed by atoms with van der Waals surface area (Å²) in [4.78, 5) is 31.5. The van der Waals surface area contributed by atoms with E-state index in [9.17, 15) is 19.6 Å². The summed E-state index contributed by atoms with van der Waals surface area (Å²) in [7, 11) is -4.76. The molecule has 2 rings (SSSR count). The highest BCUT2D eigenvalue weighted by Crippen LogP contribution is 2.41. The van der Waals surface area contributed by atoms with Crippen LogP contribution in [0.15, 0.2) is 17.1 Å². The van der Waals surface area contributed by atoms with Crippen LogP contribution in [0.25, 0.3) is 0 Å². The van der Waals surface area contributed by atoms with E-state index >= 15 is 0 Å². The molecule has 4 atom stereocenters. The van der Waals surface area contributed by atoms with E-state index in [0.29, 0.717) is 0 Å². The van der Waals surface area contributed by atoms with Crippen LogP contribution in [0.1, 0.15) is 13.2 Å². The fraction of sp³-hybridized carbons (Fsp3) is 0.600. The Morgan fingerprint density at radius 2 is 2.23 bits per heavy atom. The minimum Gasteiger partial charge on any atom is -0.387 e. The lowest BCUT2D eigenvalue weighted by Gasteiger charge is -2.27. The van der Waals surface area contributed by atoms with Crippen LogP contribution in [0.2, 0.25) is 0 Å². The topological polar surface area (TPSA) is 154 Å². The van der Waals surface area contributed by atoms with Gasteiger partial charge >= 0.3 is 13.5 Å². The summed E-state index contributed by atoms with van der Waals surface area (Å²) in [5.41, 5.74) is -2.55. The first-order valence-corrected chi connectivity index (χ1v) is 8.03. The molecule has 0 bridgehead atoms. The molecular weight excluding hydrogens is 339 g/mol. The third-order valence-corrected chi connectivity index (χ3v) is 3.99. The standard InChI is InChI=1S/C10H15N2O8PS/c1-10(15)7(13)5(4-19-21(16,17)18)20-8(10)12-3-2-6(22)11-9(12)14/h2-3,5,7-8,13,15H,4H2,1H3,(H,11,14,22)(H2,16,17,18)/t5-,7?,8-,10-/m1/s1. The number of aliphatic hydroxyl groups is 2. The Labute approximate surface area is 129 Å². The molecule has 0 aromatic carbocycles. The van der Waals surface area contributed by atoms with Crippen molar-refractivity contribution in [2.45, 2.75) is 31.0 Å². The Morgan fingerprint density at radius 3 is 2.77 bits per heavy atom. The Morgan fingerprint density at radius 1 is 1.59 bits per heavy atom. The van der Waals surface area contributed by atoms with Gasteiger partial charge in [0.15, 0.2) is 6.23 Å². The van der Waals surface area contributed by atoms with Crippen LogP contribution in [0, 0.1) is 4.64 Å². The molecule has 12 heteroatoms. The minimum absolute atomic E-state index is 0.181. The van der Waals surface area contributed by atoms with Gasteiger partial charge in [0.1, 0.15) is 22.4 Å². The van der Waals surface area contributed by atoms with Crippen molar-refractivity contribution < 1.29 is 33.8 Å². The van der Waals surface area contributed by atoms with Crippen LogP contribution in [0.4, 0.5) is 0 Å². The number of phosphoric ester groups is 1. The summed E-state index contributed by atoms with van der Waals surface area (Å²) in [6, 6.07) is 1.39. The summed E-state index contributed by atoms with van der Waals surface area (Å²) < 4.78 is 21.5. The maximum absolute atomic E-state index is 11.9. The van der Waals surface area contributed by atoms with Crippen LogP contribution in [-0.2, 0) is 13.8 Å². The highest BCUT2D eigenvalue weighted by atomic mass is 32.1. The summed E-state index contributed by atoms with van der Waals surface area (Å²) in [6.07, 6.45) is -2.77. The second-order valence-corrected chi connectivity index (χ2v) is 6.68. The number of rotatable bonds is 4. The van der Waals surface area contributed by atoms with E-state index in [1.54, 1.807) is 0 Å². The average Bonchev–Trinajstić information content (AvgIpc) is 2.59. The Hall–Kier alpha value is -0.910. The van der Waals surface area contributed by atoms with Gasteiger partial charge in [0.25, 0.3) is 0 Å². The van der Waals surface area contributed by atoms with E-state index in [1.165, 1.54) is 19.2 Å². The number of phosphoric acid groups is 1. The SMILES string of the molecule is C[C@@]1(O)C(O)[C@@H](COP(=O)(O)O)O[C@H]1n1ccc(=S)[nH]c1=O. The Balaban J connectivity index is 2.28. The van der Waals surface area contributed by atoms with Crippen molar-refractivity contribution >= 4 is 20.0 Å². The van der Waals surface area contributed by atoms with Gasteiger partial charge < -0.3 is 24.7 Å². The fourth-order valence-corrected chi connectivity index (χ4v) is 2.65. The van der Waals surface area contributed by atoms with Gasteiger partial charge in [0.2, 0.25) is 0 Å². The van der Waals surface area contributed by atoms with E-state index in [2.05, 4.69) is 9.51 Å². The zero-order valence-corrected chi connectivity index (χ0v) is 13.0. The van der Waals surface area contributed by atoms with Gasteiger partial charge in [-0.05, 0) is 13.0 Å². The number of aliphatic hydroxyl groups excluding tert-OH is 1. The molecule has 5 N–H and O–H groups in total. The number of aromatic nitrogens is 2. The molecule has 10 nitrogen and oxygen atoms in total. The van der Waals surface area contributed by atoms with Crippen molar-refractivity contribution in [3.05, 3.63) is 27.4 Å². The Bertz CT molecular complexity index is 709. The van der Waals surface area contributed by atoms with E-state index < -0.39 is 44.2 Å². The first kappa shape index (κ1) is 17.4. The van der Waals surface area contributed by atoms with Crippen LogP contribution in [0.3, 0.4) is 0 Å². The lowest BCUT2D eigenvalue weighted by Crippen LogP contribution is -2.46. The maximum Gasteiger partial charge on any atom is 0.469 e. The van der Waals surface area contributed by atoms with E-state index in [-0.39, 0.29) is 4.64 Å². The van der Waals surface area contributed by atoms with Crippen molar-refractivity contribution in [3.8, 4) is 0 Å². The van der Waals surface area contributed by atoms with E-state index in [4.69, 9.17) is 26.7 Å². The molecule has 0 aliphatic carbocycles. The van der Waals surface area contributed by atoms with Crippen molar-refractivity contribution in [1.82, 2.24) is 9.55 Å². The lowest BCUT2D eigenvalue weighted by atomic mass is 9.96. The van der Waals surface area contributed by atoms with Gasteiger partial charge in [0, 0.05) is 6.20 Å². The van der Waals surface area contributed by atoms with Gasteiger partial charge in [0.05, 0.1) is 6.61 Å². The smallest absolute Gasteiger partial charge is 0.387 e. The minimum atomic E-state index is -4.76. The summed E-state index contributed by atoms with van der Waals surface area (Å²) >= 11 is 4.79. The molecule has 0 spiro atoms. The first-order valence-electron chi connectivity index (χ1n) is 6.10. The van der Waals surface area contributed by atoms with Crippen molar-refractivity contribution in [1.29, 1.82) is 0 Å². The quantitative estimate of drug-likeness (QED) is 0.339. The molecule has 1 fully saturated rings. The molecule has 0 saturated carbocycles. The number of hydrogen-bond acceptors (Lipinski definition) is 7. The molecule has 1 aliphatic rings. The zero-order chi connectivity index (χ0) is 16.7. The third kappa shape index (κ3) is 3.53. The number of H-pyrrole nitrogens is 1. The Kier molecular flexibility index (Phi) is 4.71. The second-order valence-electron chi connectivity index (χ2n) is 5.00. The van der Waals surface area contributed by atoms with Crippen molar-refractivity contribution in [2.75, 3.05) is 6.61 Å². The summed E-state index contributed by atoms with van der Waals surface area (Å²) in [5.74, 6) is 0. The van der Waals surface area contributed by atoms with Crippen molar-refractivity contribution in [3.63, 3.8) is 0 Å². The summed E-state index contributed by atoms with van der Waals surface area (Å²) in [6.45, 7) is 0.573. The van der Waals surface area contributed by atoms with Crippen LogP contribution < -0.4 is 5.69 Å². The number of hydrogen-bond donors (Lipinski definition) is 5. The van der Waals surface area contributed by atoms with Gasteiger partial charge in [-0.1, -0.05) is 12.2 Å². The number of nitrogens with zero attached hydrogens (tertiary/aromatic N) is 1. The second kappa shape index (κ2) is 5.95. The number of nitrogens with one attached hydrogen (secondary N) is 1. The number of aromatic amines is 1. The molecule has 2 heterocycles. The predicted molar refractivity (Wildman–Crippen MR) is 74.4 cm³/mol. The van der Waals surface area contributed by atoms with Crippen molar-refractivity contribution in [2.24, 2.45) is 0 Å². The average molecular weight is 354 g/mol. The highest BCUT2D eigenvalue weighted by molar-refractivity contribution is 7.71. The molecule has 0 radical (unpaired) electrons. The normalized spacial score (nSPS) is 32.3. The fourth-order valence-electron chi connectivity index (χ4n) is 2.16. The lowest BCUT2D eigenvalue weighted by molar-refractivity contribution is -0.0986. The van der Waals surface area contributed by atoms with Gasteiger partial charge in [-0.2, -0.15) is 0 Å². The van der Waals surface area contributed by atoms with Crippen LogP contribution >= 0.6 is 20.0 Å².